The standard InChI is InChI=1S/C40H40N2O5/c1-45-38-21-12-9-16-32(38)29-42(33-17-7-4-8-18-33)26-13-27-47-34-24-22-30(23-25-34)28-37(40(44)46-2)41-36-20-11-10-19-35(36)39(43)31-14-5-3-6-15-31/h3-12,14-25,37,41H,13,26-29H2,1-2H3/t37-/m0/s1. The first-order valence-electron chi connectivity index (χ1n) is 15.7. The van der Waals surface area contributed by atoms with E-state index in [2.05, 4.69) is 28.4 Å². The molecular weight excluding hydrogens is 588 g/mol. The molecule has 47 heavy (non-hydrogen) atoms. The number of benzene rings is 5. The third-order valence-electron chi connectivity index (χ3n) is 7.90. The minimum atomic E-state index is -0.691. The number of nitrogens with zero attached hydrogens (tertiary/aromatic N) is 1. The molecule has 5 aromatic rings. The van der Waals surface area contributed by atoms with Crippen LogP contribution in [0.4, 0.5) is 11.4 Å². The molecule has 0 aliphatic heterocycles. The van der Waals surface area contributed by atoms with Crippen molar-refractivity contribution in [2.24, 2.45) is 0 Å². The number of carbonyl (C=O) groups is 2. The van der Waals surface area contributed by atoms with Crippen LogP contribution in [0.5, 0.6) is 11.5 Å². The molecule has 0 fully saturated rings. The van der Waals surface area contributed by atoms with Crippen LogP contribution >= 0.6 is 0 Å². The van der Waals surface area contributed by atoms with E-state index < -0.39 is 12.0 Å². The van der Waals surface area contributed by atoms with Crippen LogP contribution in [0.1, 0.15) is 33.5 Å². The van der Waals surface area contributed by atoms with Crippen molar-refractivity contribution in [1.29, 1.82) is 0 Å². The Morgan fingerprint density at radius 3 is 2.13 bits per heavy atom. The van der Waals surface area contributed by atoms with Crippen LogP contribution in [-0.2, 0) is 22.5 Å². The molecule has 0 amide bonds. The number of hydrogen-bond acceptors (Lipinski definition) is 7. The molecule has 1 atom stereocenters. The normalized spacial score (nSPS) is 11.3. The summed E-state index contributed by atoms with van der Waals surface area (Å²) in [7, 11) is 3.07. The molecule has 0 bridgehead atoms. The van der Waals surface area contributed by atoms with Gasteiger partial charge in [0.1, 0.15) is 17.5 Å². The highest BCUT2D eigenvalue weighted by molar-refractivity contribution is 6.12. The number of esters is 1. The summed E-state index contributed by atoms with van der Waals surface area (Å²) in [5.74, 6) is 1.10. The monoisotopic (exact) mass is 628 g/mol. The Morgan fingerprint density at radius 2 is 1.40 bits per heavy atom. The first kappa shape index (κ1) is 32.8. The van der Waals surface area contributed by atoms with Crippen molar-refractivity contribution in [2.45, 2.75) is 25.4 Å². The first-order valence-corrected chi connectivity index (χ1v) is 15.7. The van der Waals surface area contributed by atoms with Crippen LogP contribution in [0.25, 0.3) is 0 Å². The third kappa shape index (κ3) is 9.01. The number of anilines is 2. The topological polar surface area (TPSA) is 77.1 Å². The predicted molar refractivity (Wildman–Crippen MR) is 186 cm³/mol. The number of nitrogens with one attached hydrogen (secondary N) is 1. The van der Waals surface area contributed by atoms with E-state index in [9.17, 15) is 9.59 Å². The number of methoxy groups -OCH3 is 2. The fourth-order valence-corrected chi connectivity index (χ4v) is 5.46. The minimum Gasteiger partial charge on any atom is -0.496 e. The Morgan fingerprint density at radius 1 is 0.745 bits per heavy atom. The number of ketones is 1. The first-order chi connectivity index (χ1) is 23.1. The van der Waals surface area contributed by atoms with Gasteiger partial charge >= 0.3 is 5.97 Å². The molecule has 0 aliphatic rings. The van der Waals surface area contributed by atoms with Crippen molar-refractivity contribution in [3.8, 4) is 11.5 Å². The Bertz CT molecular complexity index is 1730. The van der Waals surface area contributed by atoms with Gasteiger partial charge in [-0.15, -0.1) is 0 Å². The summed E-state index contributed by atoms with van der Waals surface area (Å²) in [5, 5.41) is 3.26. The number of hydrogen-bond donors (Lipinski definition) is 1. The van der Waals surface area contributed by atoms with Gasteiger partial charge in [0.25, 0.3) is 0 Å². The van der Waals surface area contributed by atoms with Crippen molar-refractivity contribution in [3.05, 3.63) is 156 Å². The Balaban J connectivity index is 1.19. The largest absolute Gasteiger partial charge is 0.496 e. The molecule has 0 unspecified atom stereocenters. The van der Waals surface area contributed by atoms with Crippen LogP contribution < -0.4 is 19.7 Å². The number of para-hydroxylation sites is 3. The number of rotatable bonds is 16. The summed E-state index contributed by atoms with van der Waals surface area (Å²) in [6.45, 7) is 2.08. The lowest BCUT2D eigenvalue weighted by molar-refractivity contribution is -0.141. The van der Waals surface area contributed by atoms with Crippen molar-refractivity contribution >= 4 is 23.1 Å². The second-order valence-electron chi connectivity index (χ2n) is 11.1. The van der Waals surface area contributed by atoms with E-state index >= 15 is 0 Å². The molecule has 0 saturated carbocycles. The SMILES string of the molecule is COC(=O)[C@H](Cc1ccc(OCCCN(Cc2ccccc2OC)c2ccccc2)cc1)Nc1ccccc1C(=O)c1ccccc1. The Labute approximate surface area is 276 Å². The van der Waals surface area contributed by atoms with Gasteiger partial charge in [0.2, 0.25) is 0 Å². The second-order valence-corrected chi connectivity index (χ2v) is 11.1. The van der Waals surface area contributed by atoms with Crippen molar-refractivity contribution in [2.75, 3.05) is 37.6 Å². The van der Waals surface area contributed by atoms with E-state index in [-0.39, 0.29) is 5.78 Å². The van der Waals surface area contributed by atoms with Crippen molar-refractivity contribution in [1.82, 2.24) is 0 Å². The Kier molecular flexibility index (Phi) is 11.6. The molecule has 7 nitrogen and oxygen atoms in total. The average molecular weight is 629 g/mol. The zero-order valence-electron chi connectivity index (χ0n) is 26.8. The van der Waals surface area contributed by atoms with Gasteiger partial charge in [0.15, 0.2) is 5.78 Å². The summed E-state index contributed by atoms with van der Waals surface area (Å²) < 4.78 is 16.8. The highest BCUT2D eigenvalue weighted by atomic mass is 16.5. The summed E-state index contributed by atoms with van der Waals surface area (Å²) in [6, 6.07) is 41.8. The van der Waals surface area contributed by atoms with E-state index in [0.29, 0.717) is 29.8 Å². The van der Waals surface area contributed by atoms with Crippen LogP contribution in [0.2, 0.25) is 0 Å². The average Bonchev–Trinajstić information content (AvgIpc) is 3.13. The molecule has 5 rings (SSSR count). The molecule has 5 aromatic carbocycles. The second kappa shape index (κ2) is 16.7. The third-order valence-corrected chi connectivity index (χ3v) is 7.90. The molecule has 240 valence electrons. The van der Waals surface area contributed by atoms with E-state index in [0.717, 1.165) is 47.8 Å². The maximum absolute atomic E-state index is 13.2. The fourth-order valence-electron chi connectivity index (χ4n) is 5.46. The van der Waals surface area contributed by atoms with Gasteiger partial charge in [-0.1, -0.05) is 91.0 Å². The molecule has 0 aliphatic carbocycles. The van der Waals surface area contributed by atoms with Crippen LogP contribution in [0, 0.1) is 0 Å². The van der Waals surface area contributed by atoms with Gasteiger partial charge in [0.05, 0.1) is 20.8 Å². The highest BCUT2D eigenvalue weighted by Crippen LogP contribution is 2.25. The molecule has 1 N–H and O–H groups in total. The summed E-state index contributed by atoms with van der Waals surface area (Å²) in [4.78, 5) is 28.4. The molecular formula is C40H40N2O5. The van der Waals surface area contributed by atoms with Gasteiger partial charge in [-0.3, -0.25) is 4.79 Å². The zero-order chi connectivity index (χ0) is 32.8. The molecule has 0 radical (unpaired) electrons. The predicted octanol–water partition coefficient (Wildman–Crippen LogP) is 7.60. The minimum absolute atomic E-state index is 0.120. The van der Waals surface area contributed by atoms with Gasteiger partial charge in [0, 0.05) is 47.6 Å². The maximum atomic E-state index is 13.2. The quantitative estimate of drug-likeness (QED) is 0.0685. The van der Waals surface area contributed by atoms with Crippen LogP contribution in [0.3, 0.4) is 0 Å². The molecule has 7 heteroatoms. The lowest BCUT2D eigenvalue weighted by Crippen LogP contribution is -2.33. The lowest BCUT2D eigenvalue weighted by atomic mass is 10.00. The molecule has 0 saturated heterocycles. The van der Waals surface area contributed by atoms with Gasteiger partial charge in [-0.25, -0.2) is 4.79 Å². The summed E-state index contributed by atoms with van der Waals surface area (Å²) >= 11 is 0. The van der Waals surface area contributed by atoms with Gasteiger partial charge in [-0.05, 0) is 54.4 Å². The van der Waals surface area contributed by atoms with Crippen molar-refractivity contribution < 1.29 is 23.8 Å². The van der Waals surface area contributed by atoms with E-state index in [1.54, 1.807) is 31.4 Å². The van der Waals surface area contributed by atoms with Gasteiger partial charge < -0.3 is 24.4 Å². The molecule has 0 aromatic heterocycles. The smallest absolute Gasteiger partial charge is 0.328 e. The maximum Gasteiger partial charge on any atom is 0.328 e. The zero-order valence-corrected chi connectivity index (χ0v) is 26.8. The van der Waals surface area contributed by atoms with Crippen molar-refractivity contribution in [3.63, 3.8) is 0 Å². The molecule has 0 heterocycles. The fraction of sp³-hybridized carbons (Fsp3) is 0.200. The van der Waals surface area contributed by atoms with Crippen LogP contribution in [0.15, 0.2) is 133 Å². The number of ether oxygens (including phenoxy) is 3. The van der Waals surface area contributed by atoms with Gasteiger partial charge in [-0.2, -0.15) is 0 Å². The van der Waals surface area contributed by atoms with Crippen LogP contribution in [-0.4, -0.2) is 45.2 Å². The van der Waals surface area contributed by atoms with E-state index in [4.69, 9.17) is 14.2 Å². The number of carbonyl (C=O) groups excluding carboxylic acids is 2. The summed E-state index contributed by atoms with van der Waals surface area (Å²) in [5.41, 5.74) is 4.84. The van der Waals surface area contributed by atoms with E-state index in [1.807, 2.05) is 91.0 Å². The Hall–Kier alpha value is -5.56. The highest BCUT2D eigenvalue weighted by Gasteiger charge is 2.22. The lowest BCUT2D eigenvalue weighted by Gasteiger charge is -2.26. The molecule has 0 spiro atoms. The summed E-state index contributed by atoms with van der Waals surface area (Å²) in [6.07, 6.45) is 1.19. The van der Waals surface area contributed by atoms with E-state index in [1.165, 1.54) is 7.11 Å².